The highest BCUT2D eigenvalue weighted by molar-refractivity contribution is 7.15. The minimum atomic E-state index is -0.479. The summed E-state index contributed by atoms with van der Waals surface area (Å²) in [5.41, 5.74) is 2.86. The molecule has 150 valence electrons. The molecule has 3 rings (SSSR count). The Bertz CT molecular complexity index is 989. The van der Waals surface area contributed by atoms with Crippen molar-refractivity contribution < 1.29 is 19.6 Å². The number of benzene rings is 2. The van der Waals surface area contributed by atoms with Gasteiger partial charge < -0.3 is 15.4 Å². The molecule has 0 spiro atoms. The smallest absolute Gasteiger partial charge is 0.341 e. The highest BCUT2D eigenvalue weighted by Crippen LogP contribution is 2.39. The summed E-state index contributed by atoms with van der Waals surface area (Å²) in [5, 5.41) is 7.58. The van der Waals surface area contributed by atoms with Gasteiger partial charge in [0.15, 0.2) is 6.54 Å². The molecule has 1 amide bonds. The van der Waals surface area contributed by atoms with E-state index in [4.69, 9.17) is 16.3 Å². The first-order valence-electron chi connectivity index (χ1n) is 9.29. The summed E-state index contributed by atoms with van der Waals surface area (Å²) in [4.78, 5) is 25.0. The van der Waals surface area contributed by atoms with E-state index in [0.29, 0.717) is 27.7 Å². The van der Waals surface area contributed by atoms with Crippen molar-refractivity contribution in [3.8, 4) is 11.1 Å². The van der Waals surface area contributed by atoms with Crippen LogP contribution in [0.1, 0.15) is 22.8 Å². The van der Waals surface area contributed by atoms with Gasteiger partial charge in [0.05, 0.1) is 6.61 Å². The van der Waals surface area contributed by atoms with Crippen molar-refractivity contribution in [3.05, 3.63) is 76.1 Å². The number of esters is 1. The Morgan fingerprint density at radius 1 is 1.07 bits per heavy atom. The van der Waals surface area contributed by atoms with Gasteiger partial charge >= 0.3 is 5.97 Å². The molecule has 29 heavy (non-hydrogen) atoms. The summed E-state index contributed by atoms with van der Waals surface area (Å²) in [6, 6.07) is 17.2. The molecule has 7 heteroatoms. The van der Waals surface area contributed by atoms with Gasteiger partial charge in [-0.05, 0) is 13.0 Å². The lowest BCUT2D eigenvalue weighted by Crippen LogP contribution is -2.84. The number of nitrogens with two attached hydrogens (primary N) is 1. The quantitative estimate of drug-likeness (QED) is 0.532. The maximum atomic E-state index is 12.6. The van der Waals surface area contributed by atoms with E-state index in [0.717, 1.165) is 11.1 Å². The fraction of sp³-hybridized carbons (Fsp3) is 0.182. The van der Waals surface area contributed by atoms with Gasteiger partial charge in [0.2, 0.25) is 0 Å². The maximum absolute atomic E-state index is 12.6. The molecular weight excluding hydrogens is 408 g/mol. The third-order valence-corrected chi connectivity index (χ3v) is 5.47. The number of quaternary nitrogens is 1. The number of carbonyl (C=O) groups excluding carboxylic acids is 2. The molecule has 0 atom stereocenters. The lowest BCUT2D eigenvalue weighted by Gasteiger charge is -2.09. The van der Waals surface area contributed by atoms with Crippen LogP contribution in [0.2, 0.25) is 5.02 Å². The van der Waals surface area contributed by atoms with Crippen LogP contribution in [0.15, 0.2) is 60.0 Å². The lowest BCUT2D eigenvalue weighted by atomic mass is 10.0. The van der Waals surface area contributed by atoms with E-state index in [1.54, 1.807) is 13.0 Å². The number of anilines is 1. The number of thiophene rings is 1. The standard InChI is InChI=1S/C22H21ClN2O3S/c1-2-28-22(27)20-17(16-10-6-7-11-18(16)23)14-29-21(20)25-19(26)13-24-12-15-8-4-3-5-9-15/h3-11,14,24H,2,12-13H2,1H3,(H,25,26)/p+1. The Morgan fingerprint density at radius 3 is 2.52 bits per heavy atom. The van der Waals surface area contributed by atoms with E-state index in [2.05, 4.69) is 5.32 Å². The number of nitrogens with one attached hydrogen (secondary N) is 1. The Morgan fingerprint density at radius 2 is 1.79 bits per heavy atom. The number of amides is 1. The van der Waals surface area contributed by atoms with Crippen LogP contribution in [0.4, 0.5) is 5.00 Å². The van der Waals surface area contributed by atoms with E-state index >= 15 is 0 Å². The molecule has 5 nitrogen and oxygen atoms in total. The molecule has 1 aromatic heterocycles. The molecular formula is C22H22ClN2O3S+. The maximum Gasteiger partial charge on any atom is 0.341 e. The van der Waals surface area contributed by atoms with Gasteiger partial charge in [0, 0.05) is 27.1 Å². The third-order valence-electron chi connectivity index (χ3n) is 4.24. The average molecular weight is 430 g/mol. The van der Waals surface area contributed by atoms with Crippen molar-refractivity contribution in [1.29, 1.82) is 0 Å². The summed E-state index contributed by atoms with van der Waals surface area (Å²) in [6.07, 6.45) is 0. The summed E-state index contributed by atoms with van der Waals surface area (Å²) in [7, 11) is 0. The zero-order chi connectivity index (χ0) is 20.6. The van der Waals surface area contributed by atoms with Crippen molar-refractivity contribution in [3.63, 3.8) is 0 Å². The van der Waals surface area contributed by atoms with Crippen LogP contribution in [0.5, 0.6) is 0 Å². The highest BCUT2D eigenvalue weighted by atomic mass is 35.5. The van der Waals surface area contributed by atoms with Gasteiger partial charge in [-0.25, -0.2) is 4.79 Å². The highest BCUT2D eigenvalue weighted by Gasteiger charge is 2.24. The molecule has 0 aliphatic carbocycles. The fourth-order valence-electron chi connectivity index (χ4n) is 2.90. The first-order chi connectivity index (χ1) is 14.1. The van der Waals surface area contributed by atoms with Crippen LogP contribution < -0.4 is 10.6 Å². The summed E-state index contributed by atoms with van der Waals surface area (Å²) >= 11 is 7.60. The predicted octanol–water partition coefficient (Wildman–Crippen LogP) is 3.95. The molecule has 0 saturated carbocycles. The van der Waals surface area contributed by atoms with Crippen molar-refractivity contribution in [2.45, 2.75) is 13.5 Å². The zero-order valence-corrected chi connectivity index (χ0v) is 17.6. The normalized spacial score (nSPS) is 10.6. The van der Waals surface area contributed by atoms with Crippen molar-refractivity contribution in [1.82, 2.24) is 0 Å². The zero-order valence-electron chi connectivity index (χ0n) is 16.0. The second-order valence-corrected chi connectivity index (χ2v) is 7.57. The fourth-order valence-corrected chi connectivity index (χ4v) is 4.10. The van der Waals surface area contributed by atoms with E-state index in [1.165, 1.54) is 11.3 Å². The number of halogens is 1. The first kappa shape index (κ1) is 21.0. The first-order valence-corrected chi connectivity index (χ1v) is 10.5. The number of hydrogen-bond donors (Lipinski definition) is 2. The van der Waals surface area contributed by atoms with Crippen LogP contribution in [0.3, 0.4) is 0 Å². The molecule has 2 aromatic carbocycles. The van der Waals surface area contributed by atoms with Gasteiger partial charge in [-0.2, -0.15) is 0 Å². The Kier molecular flexibility index (Phi) is 7.41. The van der Waals surface area contributed by atoms with Gasteiger partial charge in [-0.15, -0.1) is 11.3 Å². The molecule has 0 saturated heterocycles. The van der Waals surface area contributed by atoms with Crippen molar-refractivity contribution in [2.24, 2.45) is 0 Å². The molecule has 0 bridgehead atoms. The third kappa shape index (κ3) is 5.44. The van der Waals surface area contributed by atoms with Gasteiger partial charge in [0.1, 0.15) is 17.1 Å². The number of carbonyl (C=O) groups is 2. The van der Waals surface area contributed by atoms with E-state index < -0.39 is 5.97 Å². The monoisotopic (exact) mass is 429 g/mol. The Hall–Kier alpha value is -2.67. The SMILES string of the molecule is CCOC(=O)c1c(-c2ccccc2Cl)csc1NC(=O)C[NH2+]Cc1ccccc1. The van der Waals surface area contributed by atoms with E-state index in [-0.39, 0.29) is 19.1 Å². The topological polar surface area (TPSA) is 72.0 Å². The van der Waals surface area contributed by atoms with Gasteiger partial charge in [-0.3, -0.25) is 4.79 Å². The predicted molar refractivity (Wildman–Crippen MR) is 116 cm³/mol. The molecule has 3 aromatic rings. The molecule has 0 unspecified atom stereocenters. The van der Waals surface area contributed by atoms with Crippen LogP contribution >= 0.6 is 22.9 Å². The molecule has 3 N–H and O–H groups in total. The number of rotatable bonds is 8. The molecule has 0 aliphatic heterocycles. The van der Waals surface area contributed by atoms with Crippen LogP contribution in [-0.2, 0) is 16.1 Å². The van der Waals surface area contributed by atoms with Crippen LogP contribution in [-0.4, -0.2) is 25.0 Å². The molecule has 1 heterocycles. The average Bonchev–Trinajstić information content (AvgIpc) is 3.12. The Labute approximate surface area is 178 Å². The second kappa shape index (κ2) is 10.2. The summed E-state index contributed by atoms with van der Waals surface area (Å²) in [5.74, 6) is -0.661. The van der Waals surface area contributed by atoms with Crippen molar-refractivity contribution in [2.75, 3.05) is 18.5 Å². The molecule has 0 aliphatic rings. The molecule has 0 radical (unpaired) electrons. The second-order valence-electron chi connectivity index (χ2n) is 6.28. The van der Waals surface area contributed by atoms with Crippen LogP contribution in [0, 0.1) is 0 Å². The minimum absolute atomic E-state index is 0.181. The van der Waals surface area contributed by atoms with Crippen molar-refractivity contribution >= 4 is 39.8 Å². The number of hydrogen-bond acceptors (Lipinski definition) is 4. The summed E-state index contributed by atoms with van der Waals surface area (Å²) in [6.45, 7) is 2.94. The van der Waals surface area contributed by atoms with E-state index in [9.17, 15) is 9.59 Å². The summed E-state index contributed by atoms with van der Waals surface area (Å²) < 4.78 is 5.22. The lowest BCUT2D eigenvalue weighted by molar-refractivity contribution is -0.659. The number of ether oxygens (including phenoxy) is 1. The van der Waals surface area contributed by atoms with E-state index in [1.807, 2.05) is 59.2 Å². The largest absolute Gasteiger partial charge is 0.462 e. The van der Waals surface area contributed by atoms with Gasteiger partial charge in [0.25, 0.3) is 5.91 Å². The van der Waals surface area contributed by atoms with Gasteiger partial charge in [-0.1, -0.05) is 60.1 Å². The van der Waals surface area contributed by atoms with Crippen LogP contribution in [0.25, 0.3) is 11.1 Å². The minimum Gasteiger partial charge on any atom is -0.462 e. The molecule has 0 fully saturated rings. The Balaban J connectivity index is 1.75.